The van der Waals surface area contributed by atoms with Crippen LogP contribution in [0.15, 0.2) is 17.4 Å². The molecule has 1 aromatic heterocycles. The maximum Gasteiger partial charge on any atom is 0.179 e. The summed E-state index contributed by atoms with van der Waals surface area (Å²) >= 11 is 2.24. The Morgan fingerprint density at radius 2 is 2.23 bits per heavy atom. The van der Waals surface area contributed by atoms with Gasteiger partial charge in [0, 0.05) is 28.7 Å². The van der Waals surface area contributed by atoms with Gasteiger partial charge in [-0.25, -0.2) is 15.0 Å². The van der Waals surface area contributed by atoms with Gasteiger partial charge in [-0.3, -0.25) is 0 Å². The van der Waals surface area contributed by atoms with E-state index in [1.807, 2.05) is 6.92 Å². The number of nitrogens with one attached hydrogen (secondary N) is 1. The van der Waals surface area contributed by atoms with Crippen LogP contribution in [0.5, 0.6) is 0 Å². The molecule has 0 saturated heterocycles. The van der Waals surface area contributed by atoms with Crippen molar-refractivity contribution in [1.29, 1.82) is 5.41 Å². The van der Waals surface area contributed by atoms with Crippen molar-refractivity contribution in [2.45, 2.75) is 10.8 Å². The van der Waals surface area contributed by atoms with Gasteiger partial charge in [-0.2, -0.15) is 0 Å². The molecule has 0 fully saturated rings. The van der Waals surface area contributed by atoms with Crippen LogP contribution in [0.3, 0.4) is 0 Å². The van der Waals surface area contributed by atoms with E-state index in [9.17, 15) is 0 Å². The van der Waals surface area contributed by atoms with Crippen molar-refractivity contribution in [3.05, 3.63) is 18.1 Å². The van der Waals surface area contributed by atoms with Crippen LogP contribution in [0.1, 0.15) is 12.6 Å². The van der Waals surface area contributed by atoms with E-state index in [2.05, 4.69) is 37.6 Å². The van der Waals surface area contributed by atoms with E-state index in [1.165, 1.54) is 0 Å². The first-order chi connectivity index (χ1) is 6.24. The van der Waals surface area contributed by atoms with E-state index in [0.717, 1.165) is 6.21 Å². The Balaban J connectivity index is 2.93. The molecule has 0 aliphatic carbocycles. The number of rotatable bonds is 3. The second-order valence-electron chi connectivity index (χ2n) is 2.37. The summed E-state index contributed by atoms with van der Waals surface area (Å²) in [4.78, 5) is 12.1. The molecule has 0 aromatic carbocycles. The molecule has 1 unspecified atom stereocenters. The highest BCUT2D eigenvalue weighted by Gasteiger charge is 1.98. The van der Waals surface area contributed by atoms with E-state index in [-0.39, 0.29) is 0 Å². The number of nitrogens with zero attached hydrogens (tertiary/aromatic N) is 3. The van der Waals surface area contributed by atoms with E-state index in [0.29, 0.717) is 15.4 Å². The van der Waals surface area contributed by atoms with Gasteiger partial charge in [0.05, 0.1) is 0 Å². The minimum absolute atomic E-state index is 0.346. The monoisotopic (exact) mass is 288 g/mol. The lowest BCUT2D eigenvalue weighted by molar-refractivity contribution is 1.16. The molecule has 1 N–H and O–H groups in total. The van der Waals surface area contributed by atoms with E-state index >= 15 is 0 Å². The fraction of sp³-hybridized carbons (Fsp3) is 0.250. The minimum atomic E-state index is 0.346. The number of aromatic nitrogens is 2. The molecule has 0 radical (unpaired) electrons. The standard InChI is InChI=1S/C8H9IN4/c1-6(9)5-13-8-7(4-10)11-2-3-12-8/h2-6,10H,1H3. The summed E-state index contributed by atoms with van der Waals surface area (Å²) in [6, 6.07) is 0. The molecule has 0 amide bonds. The van der Waals surface area contributed by atoms with Crippen LogP contribution in [0.4, 0.5) is 5.82 Å². The lowest BCUT2D eigenvalue weighted by Gasteiger charge is -1.96. The Morgan fingerprint density at radius 3 is 2.85 bits per heavy atom. The molecule has 1 atom stereocenters. The number of alkyl halides is 1. The minimum Gasteiger partial charge on any atom is -0.306 e. The zero-order valence-corrected chi connectivity index (χ0v) is 9.26. The van der Waals surface area contributed by atoms with Crippen molar-refractivity contribution in [1.82, 2.24) is 9.97 Å². The smallest absolute Gasteiger partial charge is 0.179 e. The summed E-state index contributed by atoms with van der Waals surface area (Å²) in [6.07, 6.45) is 6.04. The molecule has 0 aliphatic heterocycles. The number of hydrogen-bond acceptors (Lipinski definition) is 4. The second-order valence-corrected chi connectivity index (χ2v) is 4.33. The largest absolute Gasteiger partial charge is 0.306 e. The van der Waals surface area contributed by atoms with Gasteiger partial charge in [0.1, 0.15) is 5.69 Å². The molecule has 0 bridgehead atoms. The highest BCUT2D eigenvalue weighted by molar-refractivity contribution is 14.1. The van der Waals surface area contributed by atoms with Gasteiger partial charge in [-0.1, -0.05) is 22.6 Å². The Labute approximate surface area is 90.2 Å². The summed E-state index contributed by atoms with van der Waals surface area (Å²) in [5.74, 6) is 0.501. The first kappa shape index (κ1) is 10.2. The van der Waals surface area contributed by atoms with Crippen LogP contribution < -0.4 is 0 Å². The molecule has 0 aliphatic rings. The molecule has 68 valence electrons. The summed E-state index contributed by atoms with van der Waals surface area (Å²) < 4.78 is 0.346. The molecule has 1 rings (SSSR count). The van der Waals surface area contributed by atoms with Crippen LogP contribution in [0.25, 0.3) is 0 Å². The lowest BCUT2D eigenvalue weighted by Crippen LogP contribution is -1.93. The fourth-order valence-electron chi connectivity index (χ4n) is 0.716. The molecular formula is C8H9IN4. The van der Waals surface area contributed by atoms with Crippen LogP contribution in [-0.2, 0) is 0 Å². The predicted molar refractivity (Wildman–Crippen MR) is 61.6 cm³/mol. The van der Waals surface area contributed by atoms with E-state index < -0.39 is 0 Å². The maximum absolute atomic E-state index is 7.07. The van der Waals surface area contributed by atoms with Crippen molar-refractivity contribution in [2.75, 3.05) is 0 Å². The van der Waals surface area contributed by atoms with Gasteiger partial charge in [0.15, 0.2) is 5.82 Å². The summed E-state index contributed by atoms with van der Waals surface area (Å²) in [7, 11) is 0. The maximum atomic E-state index is 7.07. The summed E-state index contributed by atoms with van der Waals surface area (Å²) in [6.45, 7) is 2.02. The first-order valence-electron chi connectivity index (χ1n) is 3.74. The molecule has 1 aromatic rings. The molecule has 4 nitrogen and oxygen atoms in total. The summed E-state index contributed by atoms with van der Waals surface area (Å²) in [5, 5.41) is 7.07. The van der Waals surface area contributed by atoms with Crippen molar-refractivity contribution in [2.24, 2.45) is 4.99 Å². The van der Waals surface area contributed by atoms with Gasteiger partial charge < -0.3 is 5.41 Å². The molecule has 5 heteroatoms. The first-order valence-corrected chi connectivity index (χ1v) is 4.98. The quantitative estimate of drug-likeness (QED) is 0.525. The van der Waals surface area contributed by atoms with E-state index in [4.69, 9.17) is 5.41 Å². The van der Waals surface area contributed by atoms with Gasteiger partial charge >= 0.3 is 0 Å². The normalized spacial score (nSPS) is 13.1. The van der Waals surface area contributed by atoms with Crippen molar-refractivity contribution < 1.29 is 0 Å². The molecule has 0 saturated carbocycles. The average Bonchev–Trinajstić information content (AvgIpc) is 2.15. The van der Waals surface area contributed by atoms with Crippen LogP contribution in [-0.4, -0.2) is 26.3 Å². The number of halogens is 1. The average molecular weight is 288 g/mol. The fourth-order valence-corrected chi connectivity index (χ4v) is 0.877. The third-order valence-electron chi connectivity index (χ3n) is 1.25. The molecule has 1 heterocycles. The highest BCUT2D eigenvalue weighted by atomic mass is 127. The number of aliphatic imine (C=N–C) groups is 1. The highest BCUT2D eigenvalue weighted by Crippen LogP contribution is 2.09. The number of hydrogen-bond donors (Lipinski definition) is 1. The van der Waals surface area contributed by atoms with Crippen LogP contribution >= 0.6 is 22.6 Å². The van der Waals surface area contributed by atoms with Gasteiger partial charge in [-0.05, 0) is 6.92 Å². The third-order valence-corrected chi connectivity index (χ3v) is 1.57. The topological polar surface area (TPSA) is 62.0 Å². The molecule has 0 spiro atoms. The molecular weight excluding hydrogens is 279 g/mol. The predicted octanol–water partition coefficient (Wildman–Crippen LogP) is 2.00. The zero-order valence-electron chi connectivity index (χ0n) is 7.11. The van der Waals surface area contributed by atoms with Gasteiger partial charge in [0.2, 0.25) is 0 Å². The Kier molecular flexibility index (Phi) is 3.94. The van der Waals surface area contributed by atoms with Crippen molar-refractivity contribution in [3.63, 3.8) is 0 Å². The Bertz CT molecular complexity index is 322. The lowest BCUT2D eigenvalue weighted by atomic mass is 10.4. The van der Waals surface area contributed by atoms with E-state index in [1.54, 1.807) is 18.6 Å². The SMILES string of the molecule is CC(I)C=Nc1nccnc1C=N. The zero-order chi connectivity index (χ0) is 9.68. The van der Waals surface area contributed by atoms with Crippen molar-refractivity contribution in [3.8, 4) is 0 Å². The van der Waals surface area contributed by atoms with Gasteiger partial charge in [-0.15, -0.1) is 0 Å². The van der Waals surface area contributed by atoms with Crippen LogP contribution in [0.2, 0.25) is 0 Å². The van der Waals surface area contributed by atoms with Crippen molar-refractivity contribution >= 4 is 40.8 Å². The van der Waals surface area contributed by atoms with Gasteiger partial charge in [0.25, 0.3) is 0 Å². The third kappa shape index (κ3) is 3.17. The van der Waals surface area contributed by atoms with Crippen LogP contribution in [0, 0.1) is 5.41 Å². The Hall–Kier alpha value is -0.850. The summed E-state index contributed by atoms with van der Waals surface area (Å²) in [5.41, 5.74) is 0.496. The Morgan fingerprint density at radius 1 is 1.54 bits per heavy atom. The molecule has 13 heavy (non-hydrogen) atoms. The second kappa shape index (κ2) is 5.00.